The molecule has 2 rings (SSSR count). The van der Waals surface area contributed by atoms with Gasteiger partial charge >= 0.3 is 0 Å². The predicted molar refractivity (Wildman–Crippen MR) is 58.7 cm³/mol. The van der Waals surface area contributed by atoms with Gasteiger partial charge in [0.1, 0.15) is 6.33 Å². The van der Waals surface area contributed by atoms with E-state index in [-0.39, 0.29) is 0 Å². The zero-order valence-electron chi connectivity index (χ0n) is 9.18. The van der Waals surface area contributed by atoms with E-state index in [1.807, 2.05) is 10.6 Å². The van der Waals surface area contributed by atoms with Crippen LogP contribution in [0, 0.1) is 5.92 Å². The Bertz CT molecular complexity index is 448. The molecule has 0 saturated carbocycles. The molecule has 1 N–H and O–H groups in total. The second-order valence-corrected chi connectivity index (χ2v) is 4.01. The predicted octanol–water partition coefficient (Wildman–Crippen LogP) is 1.58. The summed E-state index contributed by atoms with van der Waals surface area (Å²) < 4.78 is 1.85. The molecule has 5 heteroatoms. The third-order valence-electron chi connectivity index (χ3n) is 2.58. The minimum Gasteiger partial charge on any atom is -0.364 e. The van der Waals surface area contributed by atoms with E-state index in [4.69, 9.17) is 0 Å². The Morgan fingerprint density at radius 3 is 2.87 bits per heavy atom. The van der Waals surface area contributed by atoms with Gasteiger partial charge < -0.3 is 5.32 Å². The normalized spacial score (nSPS) is 13.3. The van der Waals surface area contributed by atoms with Crippen LogP contribution in [0.4, 0.5) is 5.82 Å². The molecule has 80 valence electrons. The van der Waals surface area contributed by atoms with Crippen molar-refractivity contribution in [2.75, 3.05) is 5.32 Å². The first-order chi connectivity index (χ1) is 7.18. The maximum Gasteiger partial charge on any atom is 0.203 e. The van der Waals surface area contributed by atoms with Gasteiger partial charge in [-0.25, -0.2) is 4.98 Å². The second-order valence-electron chi connectivity index (χ2n) is 4.01. The Balaban J connectivity index is 2.31. The molecule has 0 aromatic carbocycles. The number of hydrogen-bond acceptors (Lipinski definition) is 4. The van der Waals surface area contributed by atoms with Gasteiger partial charge in [-0.3, -0.25) is 4.40 Å². The summed E-state index contributed by atoms with van der Waals surface area (Å²) in [5, 5.41) is 11.2. The molecule has 2 aromatic rings. The summed E-state index contributed by atoms with van der Waals surface area (Å²) in [6, 6.07) is 0.361. The molecule has 0 spiro atoms. The highest BCUT2D eigenvalue weighted by atomic mass is 15.2. The average Bonchev–Trinajstić information content (AvgIpc) is 2.66. The molecule has 0 aliphatic heterocycles. The third-order valence-corrected chi connectivity index (χ3v) is 2.58. The lowest BCUT2D eigenvalue weighted by Gasteiger charge is -2.17. The van der Waals surface area contributed by atoms with E-state index in [1.54, 1.807) is 12.5 Å². The van der Waals surface area contributed by atoms with Crippen molar-refractivity contribution in [3.8, 4) is 0 Å². The van der Waals surface area contributed by atoms with E-state index < -0.39 is 0 Å². The van der Waals surface area contributed by atoms with Crippen molar-refractivity contribution in [3.63, 3.8) is 0 Å². The van der Waals surface area contributed by atoms with Gasteiger partial charge in [-0.1, -0.05) is 13.8 Å². The van der Waals surface area contributed by atoms with E-state index in [2.05, 4.69) is 41.3 Å². The lowest BCUT2D eigenvalue weighted by atomic mass is 10.1. The van der Waals surface area contributed by atoms with Crippen molar-refractivity contribution in [1.29, 1.82) is 0 Å². The summed E-state index contributed by atoms with van der Waals surface area (Å²) in [4.78, 5) is 4.27. The van der Waals surface area contributed by atoms with Gasteiger partial charge in [0.05, 0.1) is 0 Å². The van der Waals surface area contributed by atoms with Gasteiger partial charge in [0.15, 0.2) is 5.82 Å². The molecule has 0 fully saturated rings. The van der Waals surface area contributed by atoms with Gasteiger partial charge in [0.2, 0.25) is 5.65 Å². The van der Waals surface area contributed by atoms with Crippen LogP contribution in [0.25, 0.3) is 5.65 Å². The van der Waals surface area contributed by atoms with Gasteiger partial charge in [-0.15, -0.1) is 10.2 Å². The first kappa shape index (κ1) is 9.89. The molecule has 0 bridgehead atoms. The third kappa shape index (κ3) is 1.91. The van der Waals surface area contributed by atoms with Crippen LogP contribution in [-0.4, -0.2) is 25.6 Å². The summed E-state index contributed by atoms with van der Waals surface area (Å²) in [7, 11) is 0. The Hall–Kier alpha value is -1.65. The largest absolute Gasteiger partial charge is 0.364 e. The molecule has 1 unspecified atom stereocenters. The fourth-order valence-corrected chi connectivity index (χ4v) is 1.24. The lowest BCUT2D eigenvalue weighted by Crippen LogP contribution is -2.22. The van der Waals surface area contributed by atoms with E-state index in [9.17, 15) is 0 Å². The number of nitrogens with zero attached hydrogens (tertiary/aromatic N) is 4. The molecule has 0 radical (unpaired) electrons. The summed E-state index contributed by atoms with van der Waals surface area (Å²) in [5.74, 6) is 1.34. The molecule has 15 heavy (non-hydrogen) atoms. The standard InChI is InChI=1S/C10H15N5/c1-7(2)8(3)13-9-10-14-12-6-15(10)5-4-11-9/h4-8H,1-3H3,(H,11,13). The number of hydrogen-bond donors (Lipinski definition) is 1. The van der Waals surface area contributed by atoms with Crippen LogP contribution in [0.2, 0.25) is 0 Å². The van der Waals surface area contributed by atoms with Gasteiger partial charge in [-0.05, 0) is 12.8 Å². The first-order valence-corrected chi connectivity index (χ1v) is 5.09. The van der Waals surface area contributed by atoms with E-state index in [0.29, 0.717) is 12.0 Å². The fourth-order valence-electron chi connectivity index (χ4n) is 1.24. The van der Waals surface area contributed by atoms with Crippen molar-refractivity contribution < 1.29 is 0 Å². The smallest absolute Gasteiger partial charge is 0.203 e. The van der Waals surface area contributed by atoms with Gasteiger partial charge in [0.25, 0.3) is 0 Å². The Kier molecular flexibility index (Phi) is 2.53. The summed E-state index contributed by atoms with van der Waals surface area (Å²) in [6.07, 6.45) is 5.24. The SMILES string of the molecule is CC(C)C(C)Nc1nccn2cnnc12. The van der Waals surface area contributed by atoms with Crippen molar-refractivity contribution in [3.05, 3.63) is 18.7 Å². The fraction of sp³-hybridized carbons (Fsp3) is 0.500. The molecule has 1 atom stereocenters. The molecule has 5 nitrogen and oxygen atoms in total. The molecule has 2 heterocycles. The van der Waals surface area contributed by atoms with E-state index in [1.165, 1.54) is 0 Å². The molecular weight excluding hydrogens is 190 g/mol. The maximum absolute atomic E-state index is 4.27. The minimum absolute atomic E-state index is 0.361. The van der Waals surface area contributed by atoms with Crippen LogP contribution in [0.1, 0.15) is 20.8 Å². The molecular formula is C10H15N5. The van der Waals surface area contributed by atoms with Crippen LogP contribution >= 0.6 is 0 Å². The topological polar surface area (TPSA) is 55.1 Å². The van der Waals surface area contributed by atoms with Crippen LogP contribution in [0.15, 0.2) is 18.7 Å². The highest BCUT2D eigenvalue weighted by molar-refractivity contribution is 5.61. The number of rotatable bonds is 3. The van der Waals surface area contributed by atoms with Crippen molar-refractivity contribution >= 4 is 11.5 Å². The van der Waals surface area contributed by atoms with Gasteiger partial charge in [-0.2, -0.15) is 0 Å². The van der Waals surface area contributed by atoms with Crippen molar-refractivity contribution in [1.82, 2.24) is 19.6 Å². The highest BCUT2D eigenvalue weighted by Crippen LogP contribution is 2.13. The summed E-state index contributed by atoms with van der Waals surface area (Å²) in [5.41, 5.74) is 0.769. The van der Waals surface area contributed by atoms with E-state index >= 15 is 0 Å². The Morgan fingerprint density at radius 1 is 1.33 bits per heavy atom. The summed E-state index contributed by atoms with van der Waals surface area (Å²) >= 11 is 0. The zero-order chi connectivity index (χ0) is 10.8. The first-order valence-electron chi connectivity index (χ1n) is 5.09. The minimum atomic E-state index is 0.361. The monoisotopic (exact) mass is 205 g/mol. The number of aromatic nitrogens is 4. The van der Waals surface area contributed by atoms with Crippen LogP contribution in [0.5, 0.6) is 0 Å². The second kappa shape index (κ2) is 3.84. The van der Waals surface area contributed by atoms with Crippen molar-refractivity contribution in [2.24, 2.45) is 5.92 Å². The molecule has 2 aromatic heterocycles. The lowest BCUT2D eigenvalue weighted by molar-refractivity contribution is 0.558. The molecule has 0 aliphatic carbocycles. The zero-order valence-corrected chi connectivity index (χ0v) is 9.18. The van der Waals surface area contributed by atoms with E-state index in [0.717, 1.165) is 11.5 Å². The number of fused-ring (bicyclic) bond motifs is 1. The van der Waals surface area contributed by atoms with Crippen molar-refractivity contribution in [2.45, 2.75) is 26.8 Å². The Labute approximate surface area is 88.6 Å². The summed E-state index contributed by atoms with van der Waals surface area (Å²) in [6.45, 7) is 6.47. The van der Waals surface area contributed by atoms with Crippen LogP contribution in [-0.2, 0) is 0 Å². The number of nitrogens with one attached hydrogen (secondary N) is 1. The maximum atomic E-state index is 4.27. The highest BCUT2D eigenvalue weighted by Gasteiger charge is 2.10. The molecule has 0 amide bonds. The van der Waals surface area contributed by atoms with Crippen LogP contribution in [0.3, 0.4) is 0 Å². The Morgan fingerprint density at radius 2 is 2.13 bits per heavy atom. The molecule has 0 aliphatic rings. The average molecular weight is 205 g/mol. The molecule has 0 saturated heterocycles. The number of anilines is 1. The quantitative estimate of drug-likeness (QED) is 0.826. The van der Waals surface area contributed by atoms with Gasteiger partial charge in [0, 0.05) is 18.4 Å². The van der Waals surface area contributed by atoms with Crippen LogP contribution < -0.4 is 5.32 Å².